The van der Waals surface area contributed by atoms with Crippen molar-refractivity contribution in [3.05, 3.63) is 90.0 Å². The van der Waals surface area contributed by atoms with Gasteiger partial charge in [-0.15, -0.1) is 0 Å². The number of nitrogens with one attached hydrogen (secondary N) is 1. The molecular weight excluding hydrogens is 404 g/mol. The molecule has 3 rings (SSSR count). The fourth-order valence-corrected chi connectivity index (χ4v) is 3.28. The van der Waals surface area contributed by atoms with Crippen LogP contribution in [0.3, 0.4) is 0 Å². The third kappa shape index (κ3) is 5.68. The summed E-state index contributed by atoms with van der Waals surface area (Å²) in [6, 6.07) is 21.1. The second-order valence-electron chi connectivity index (χ2n) is 6.08. The third-order valence-electron chi connectivity index (χ3n) is 3.93. The lowest BCUT2D eigenvalue weighted by Crippen LogP contribution is -2.18. The maximum Gasteiger partial charge on any atom is 0.343 e. The van der Waals surface area contributed by atoms with E-state index < -0.39 is 16.0 Å². The predicted octanol–water partition coefficient (Wildman–Crippen LogP) is 3.62. The van der Waals surface area contributed by atoms with Crippen molar-refractivity contribution in [2.24, 2.45) is 5.10 Å². The van der Waals surface area contributed by atoms with Crippen LogP contribution in [0.4, 0.5) is 0 Å². The van der Waals surface area contributed by atoms with E-state index in [9.17, 15) is 13.2 Å². The summed E-state index contributed by atoms with van der Waals surface area (Å²) in [5, 5.41) is 3.77. The molecule has 1 N–H and O–H groups in total. The van der Waals surface area contributed by atoms with E-state index in [1.807, 2.05) is 6.92 Å². The van der Waals surface area contributed by atoms with Crippen LogP contribution >= 0.6 is 0 Å². The molecule has 0 amide bonds. The minimum atomic E-state index is -3.72. The summed E-state index contributed by atoms with van der Waals surface area (Å²) in [5.41, 5.74) is 1.03. The first-order chi connectivity index (χ1) is 14.5. The van der Waals surface area contributed by atoms with E-state index in [0.29, 0.717) is 29.2 Å². The van der Waals surface area contributed by atoms with Crippen LogP contribution in [0.1, 0.15) is 22.8 Å². The molecule has 7 nitrogen and oxygen atoms in total. The predicted molar refractivity (Wildman–Crippen MR) is 113 cm³/mol. The molecule has 0 fully saturated rings. The molecule has 154 valence electrons. The number of carbonyl (C=O) groups excluding carboxylic acids is 1. The molecule has 0 heterocycles. The highest BCUT2D eigenvalue weighted by Crippen LogP contribution is 2.16. The number of hydrazone groups is 1. The molecule has 0 saturated heterocycles. The minimum absolute atomic E-state index is 0.124. The Morgan fingerprint density at radius 1 is 0.933 bits per heavy atom. The Kier molecular flexibility index (Phi) is 6.82. The van der Waals surface area contributed by atoms with E-state index >= 15 is 0 Å². The quantitative estimate of drug-likeness (QED) is 0.258. The number of hydrogen-bond acceptors (Lipinski definition) is 6. The number of sulfonamides is 1. The van der Waals surface area contributed by atoms with Gasteiger partial charge in [-0.1, -0.05) is 18.2 Å². The Morgan fingerprint density at radius 3 is 2.20 bits per heavy atom. The van der Waals surface area contributed by atoms with Crippen molar-refractivity contribution in [1.29, 1.82) is 0 Å². The summed E-state index contributed by atoms with van der Waals surface area (Å²) in [6.07, 6.45) is 1.36. The molecule has 0 saturated carbocycles. The van der Waals surface area contributed by atoms with Crippen molar-refractivity contribution in [3.63, 3.8) is 0 Å². The van der Waals surface area contributed by atoms with Gasteiger partial charge in [0.05, 0.1) is 23.3 Å². The van der Waals surface area contributed by atoms with Gasteiger partial charge in [-0.2, -0.15) is 13.5 Å². The minimum Gasteiger partial charge on any atom is -0.494 e. The lowest BCUT2D eigenvalue weighted by Gasteiger charge is -2.06. The van der Waals surface area contributed by atoms with Crippen molar-refractivity contribution in [1.82, 2.24) is 4.83 Å². The van der Waals surface area contributed by atoms with Crippen LogP contribution in [0.2, 0.25) is 0 Å². The van der Waals surface area contributed by atoms with Gasteiger partial charge < -0.3 is 9.47 Å². The first kappa shape index (κ1) is 21.1. The fraction of sp³-hybridized carbons (Fsp3) is 0.0909. The van der Waals surface area contributed by atoms with Gasteiger partial charge in [0.2, 0.25) is 0 Å². The highest BCUT2D eigenvalue weighted by molar-refractivity contribution is 7.89. The van der Waals surface area contributed by atoms with E-state index in [0.717, 1.165) is 0 Å². The summed E-state index contributed by atoms with van der Waals surface area (Å²) >= 11 is 0. The standard InChI is InChI=1S/C22H20N2O5S/c1-2-28-19-14-10-18(11-15-19)22(25)29-20-12-8-17(9-13-20)16-23-24-30(26,27)21-6-4-3-5-7-21/h3-16,24H,2H2,1H3/b23-16+. The van der Waals surface area contributed by atoms with Crippen molar-refractivity contribution >= 4 is 22.2 Å². The van der Waals surface area contributed by atoms with Gasteiger partial charge in [0, 0.05) is 0 Å². The molecule has 3 aromatic carbocycles. The zero-order valence-corrected chi connectivity index (χ0v) is 17.0. The molecule has 0 aliphatic heterocycles. The molecule has 3 aromatic rings. The Morgan fingerprint density at radius 2 is 1.57 bits per heavy atom. The van der Waals surface area contributed by atoms with E-state index in [2.05, 4.69) is 9.93 Å². The molecule has 30 heavy (non-hydrogen) atoms. The van der Waals surface area contributed by atoms with Crippen LogP contribution in [-0.4, -0.2) is 27.2 Å². The molecule has 0 aromatic heterocycles. The third-order valence-corrected chi connectivity index (χ3v) is 5.17. The molecular formula is C22H20N2O5S. The van der Waals surface area contributed by atoms with Gasteiger partial charge >= 0.3 is 5.97 Å². The Balaban J connectivity index is 1.58. The number of carbonyl (C=O) groups is 1. The zero-order chi connectivity index (χ0) is 21.4. The summed E-state index contributed by atoms with van der Waals surface area (Å²) in [6.45, 7) is 2.43. The van der Waals surface area contributed by atoms with Gasteiger partial charge in [0.1, 0.15) is 11.5 Å². The SMILES string of the molecule is CCOc1ccc(C(=O)Oc2ccc(/C=N/NS(=O)(=O)c3ccccc3)cc2)cc1. The van der Waals surface area contributed by atoms with Crippen LogP contribution in [0.25, 0.3) is 0 Å². The zero-order valence-electron chi connectivity index (χ0n) is 16.2. The Hall–Kier alpha value is -3.65. The van der Waals surface area contributed by atoms with Crippen LogP contribution < -0.4 is 14.3 Å². The lowest BCUT2D eigenvalue weighted by molar-refractivity contribution is 0.0734. The normalized spacial score (nSPS) is 11.2. The summed E-state index contributed by atoms with van der Waals surface area (Å²) in [7, 11) is -3.72. The maximum atomic E-state index is 12.2. The highest BCUT2D eigenvalue weighted by atomic mass is 32.2. The first-order valence-electron chi connectivity index (χ1n) is 9.13. The Labute approximate surface area is 175 Å². The van der Waals surface area contributed by atoms with E-state index in [1.165, 1.54) is 18.3 Å². The summed E-state index contributed by atoms with van der Waals surface area (Å²) in [4.78, 5) is 14.5. The number of rotatable bonds is 8. The second-order valence-corrected chi connectivity index (χ2v) is 7.74. The van der Waals surface area contributed by atoms with Gasteiger partial charge in [-0.25, -0.2) is 9.63 Å². The highest BCUT2D eigenvalue weighted by Gasteiger charge is 2.11. The van der Waals surface area contributed by atoms with E-state index in [4.69, 9.17) is 9.47 Å². The van der Waals surface area contributed by atoms with Crippen LogP contribution in [-0.2, 0) is 10.0 Å². The first-order valence-corrected chi connectivity index (χ1v) is 10.6. The summed E-state index contributed by atoms with van der Waals surface area (Å²) < 4.78 is 34.9. The maximum absolute atomic E-state index is 12.2. The molecule has 0 radical (unpaired) electrons. The van der Waals surface area contributed by atoms with E-state index in [1.54, 1.807) is 66.7 Å². The number of ether oxygens (including phenoxy) is 2. The molecule has 8 heteroatoms. The van der Waals surface area contributed by atoms with Crippen molar-refractivity contribution in [2.75, 3.05) is 6.61 Å². The lowest BCUT2D eigenvalue weighted by atomic mass is 10.2. The topological polar surface area (TPSA) is 94.1 Å². The van der Waals surface area contributed by atoms with Crippen molar-refractivity contribution < 1.29 is 22.7 Å². The number of hydrogen-bond donors (Lipinski definition) is 1. The van der Waals surface area contributed by atoms with E-state index in [-0.39, 0.29) is 4.90 Å². The van der Waals surface area contributed by atoms with Gasteiger partial charge in [0.15, 0.2) is 0 Å². The molecule has 0 spiro atoms. The van der Waals surface area contributed by atoms with Gasteiger partial charge in [0.25, 0.3) is 10.0 Å². The van der Waals surface area contributed by atoms with Gasteiger partial charge in [-0.3, -0.25) is 0 Å². The second kappa shape index (κ2) is 9.71. The van der Waals surface area contributed by atoms with Crippen LogP contribution in [0, 0.1) is 0 Å². The number of esters is 1. The van der Waals surface area contributed by atoms with Crippen LogP contribution in [0.15, 0.2) is 88.9 Å². The summed E-state index contributed by atoms with van der Waals surface area (Å²) in [5.74, 6) is 0.548. The van der Waals surface area contributed by atoms with Crippen molar-refractivity contribution in [3.8, 4) is 11.5 Å². The average Bonchev–Trinajstić information content (AvgIpc) is 2.76. The molecule has 0 aliphatic carbocycles. The largest absolute Gasteiger partial charge is 0.494 e. The smallest absolute Gasteiger partial charge is 0.343 e. The molecule has 0 bridgehead atoms. The number of benzene rings is 3. The number of nitrogens with zero attached hydrogens (tertiary/aromatic N) is 1. The van der Waals surface area contributed by atoms with Crippen LogP contribution in [0.5, 0.6) is 11.5 Å². The molecule has 0 atom stereocenters. The van der Waals surface area contributed by atoms with Crippen molar-refractivity contribution in [2.45, 2.75) is 11.8 Å². The Bertz CT molecular complexity index is 1110. The molecule has 0 unspecified atom stereocenters. The molecule has 0 aliphatic rings. The average molecular weight is 424 g/mol. The fourth-order valence-electron chi connectivity index (χ4n) is 2.46. The van der Waals surface area contributed by atoms with Gasteiger partial charge in [-0.05, 0) is 73.2 Å². The monoisotopic (exact) mass is 424 g/mol.